The SMILES string of the molecule is CCOC(=O)C1(c2ccc(OC)c(C(SC)C(=O)OCc3ccccc3)c2)C=CC=CC1. The summed E-state index contributed by atoms with van der Waals surface area (Å²) in [4.78, 5) is 26.0. The van der Waals surface area contributed by atoms with Crippen molar-refractivity contribution in [2.45, 2.75) is 30.6 Å². The monoisotopic (exact) mass is 452 g/mol. The molecule has 5 nitrogen and oxygen atoms in total. The molecule has 2 aromatic carbocycles. The second-order valence-corrected chi connectivity index (χ2v) is 8.29. The molecule has 6 heteroatoms. The molecule has 0 radical (unpaired) electrons. The van der Waals surface area contributed by atoms with Gasteiger partial charge >= 0.3 is 11.9 Å². The van der Waals surface area contributed by atoms with E-state index in [4.69, 9.17) is 14.2 Å². The Balaban J connectivity index is 1.95. The summed E-state index contributed by atoms with van der Waals surface area (Å²) in [6, 6.07) is 15.1. The van der Waals surface area contributed by atoms with Crippen LogP contribution in [0.25, 0.3) is 0 Å². The van der Waals surface area contributed by atoms with Crippen LogP contribution >= 0.6 is 11.8 Å². The normalized spacial score (nSPS) is 18.1. The molecular formula is C26H28O5S. The number of carbonyl (C=O) groups is 2. The van der Waals surface area contributed by atoms with Gasteiger partial charge in [0.25, 0.3) is 0 Å². The van der Waals surface area contributed by atoms with E-state index >= 15 is 0 Å². The molecule has 168 valence electrons. The summed E-state index contributed by atoms with van der Waals surface area (Å²) >= 11 is 1.37. The van der Waals surface area contributed by atoms with Crippen molar-refractivity contribution in [2.75, 3.05) is 20.0 Å². The number of ether oxygens (including phenoxy) is 3. The Bertz CT molecular complexity index is 999. The van der Waals surface area contributed by atoms with Gasteiger partial charge in [-0.15, -0.1) is 11.8 Å². The van der Waals surface area contributed by atoms with Crippen molar-refractivity contribution < 1.29 is 23.8 Å². The van der Waals surface area contributed by atoms with E-state index in [2.05, 4.69) is 0 Å². The number of rotatable bonds is 9. The van der Waals surface area contributed by atoms with Gasteiger partial charge in [0.2, 0.25) is 0 Å². The van der Waals surface area contributed by atoms with Crippen molar-refractivity contribution in [3.05, 3.63) is 89.5 Å². The Morgan fingerprint density at radius 1 is 1.09 bits per heavy atom. The number of carbonyl (C=O) groups excluding carboxylic acids is 2. The Morgan fingerprint density at radius 2 is 1.88 bits per heavy atom. The molecule has 0 fully saturated rings. The fourth-order valence-electron chi connectivity index (χ4n) is 3.73. The Morgan fingerprint density at radius 3 is 2.50 bits per heavy atom. The molecule has 0 saturated carbocycles. The summed E-state index contributed by atoms with van der Waals surface area (Å²) in [5.41, 5.74) is 1.40. The van der Waals surface area contributed by atoms with Gasteiger partial charge in [-0.05, 0) is 42.9 Å². The molecule has 1 aliphatic carbocycles. The summed E-state index contributed by atoms with van der Waals surface area (Å²) < 4.78 is 16.6. The zero-order chi connectivity index (χ0) is 23.0. The molecule has 1 aliphatic rings. The Kier molecular flexibility index (Phi) is 8.17. The third-order valence-corrected chi connectivity index (χ3v) is 6.33. The van der Waals surface area contributed by atoms with Crippen LogP contribution in [0.15, 0.2) is 72.8 Å². The summed E-state index contributed by atoms with van der Waals surface area (Å²) in [6.45, 7) is 2.28. The fourth-order valence-corrected chi connectivity index (χ4v) is 4.43. The smallest absolute Gasteiger partial charge is 0.324 e. The number of methoxy groups -OCH3 is 1. The van der Waals surface area contributed by atoms with Crippen molar-refractivity contribution in [1.82, 2.24) is 0 Å². The largest absolute Gasteiger partial charge is 0.496 e. The topological polar surface area (TPSA) is 61.8 Å². The summed E-state index contributed by atoms with van der Waals surface area (Å²) in [5.74, 6) is -0.107. The van der Waals surface area contributed by atoms with Gasteiger partial charge in [-0.3, -0.25) is 9.59 Å². The maximum Gasteiger partial charge on any atom is 0.324 e. The zero-order valence-electron chi connectivity index (χ0n) is 18.6. The minimum Gasteiger partial charge on any atom is -0.496 e. The van der Waals surface area contributed by atoms with Crippen molar-refractivity contribution in [3.63, 3.8) is 0 Å². The molecule has 0 aliphatic heterocycles. The van der Waals surface area contributed by atoms with E-state index in [0.717, 1.165) is 11.1 Å². The van der Waals surface area contributed by atoms with Crippen LogP contribution in [0.3, 0.4) is 0 Å². The first-order valence-corrected chi connectivity index (χ1v) is 11.8. The van der Waals surface area contributed by atoms with E-state index in [0.29, 0.717) is 24.3 Å². The van der Waals surface area contributed by atoms with Gasteiger partial charge in [0.15, 0.2) is 0 Å². The van der Waals surface area contributed by atoms with Crippen LogP contribution in [0.1, 0.15) is 35.3 Å². The highest BCUT2D eigenvalue weighted by atomic mass is 32.2. The molecule has 32 heavy (non-hydrogen) atoms. The van der Waals surface area contributed by atoms with Gasteiger partial charge in [0, 0.05) is 5.56 Å². The van der Waals surface area contributed by atoms with Gasteiger partial charge in [0.1, 0.15) is 23.0 Å². The first-order chi connectivity index (χ1) is 15.6. The predicted octanol–water partition coefficient (Wildman–Crippen LogP) is 5.16. The molecule has 0 heterocycles. The molecule has 0 amide bonds. The quantitative estimate of drug-likeness (QED) is 0.490. The molecule has 3 rings (SSSR count). The lowest BCUT2D eigenvalue weighted by Crippen LogP contribution is -2.36. The van der Waals surface area contributed by atoms with Crippen LogP contribution in [0, 0.1) is 0 Å². The lowest BCUT2D eigenvalue weighted by Gasteiger charge is -2.30. The second-order valence-electron chi connectivity index (χ2n) is 7.35. The highest BCUT2D eigenvalue weighted by molar-refractivity contribution is 7.99. The molecule has 0 aromatic heterocycles. The van der Waals surface area contributed by atoms with Gasteiger partial charge in [-0.2, -0.15) is 0 Å². The van der Waals surface area contributed by atoms with Gasteiger partial charge in [0.05, 0.1) is 13.7 Å². The lowest BCUT2D eigenvalue weighted by atomic mass is 9.75. The van der Waals surface area contributed by atoms with E-state index in [1.54, 1.807) is 20.1 Å². The number of thioether (sulfide) groups is 1. The van der Waals surface area contributed by atoms with Crippen LogP contribution in [0.5, 0.6) is 5.75 Å². The maximum atomic E-state index is 13.0. The average molecular weight is 453 g/mol. The van der Waals surface area contributed by atoms with Crippen LogP contribution < -0.4 is 4.74 Å². The Labute approximate surface area is 193 Å². The van der Waals surface area contributed by atoms with E-state index in [9.17, 15) is 9.59 Å². The molecular weight excluding hydrogens is 424 g/mol. The van der Waals surface area contributed by atoms with E-state index < -0.39 is 10.7 Å². The van der Waals surface area contributed by atoms with Crippen molar-refractivity contribution >= 4 is 23.7 Å². The van der Waals surface area contributed by atoms with Crippen LogP contribution in [-0.2, 0) is 31.1 Å². The van der Waals surface area contributed by atoms with Gasteiger partial charge in [-0.25, -0.2) is 0 Å². The number of hydrogen-bond donors (Lipinski definition) is 0. The van der Waals surface area contributed by atoms with Crippen LogP contribution in [-0.4, -0.2) is 31.9 Å². The Hall–Kier alpha value is -2.99. The highest BCUT2D eigenvalue weighted by Gasteiger charge is 2.40. The highest BCUT2D eigenvalue weighted by Crippen LogP contribution is 2.41. The maximum absolute atomic E-state index is 13.0. The van der Waals surface area contributed by atoms with E-state index in [1.807, 2.05) is 73.0 Å². The second kappa shape index (κ2) is 11.0. The summed E-state index contributed by atoms with van der Waals surface area (Å²) in [7, 11) is 1.57. The van der Waals surface area contributed by atoms with Gasteiger partial charge in [-0.1, -0.05) is 60.7 Å². The minimum absolute atomic E-state index is 0.193. The van der Waals surface area contributed by atoms with Crippen LogP contribution in [0.2, 0.25) is 0 Å². The van der Waals surface area contributed by atoms with Crippen molar-refractivity contribution in [1.29, 1.82) is 0 Å². The summed E-state index contributed by atoms with van der Waals surface area (Å²) in [5, 5.41) is -0.601. The molecule has 2 aromatic rings. The van der Waals surface area contributed by atoms with E-state index in [1.165, 1.54) is 11.8 Å². The predicted molar refractivity (Wildman–Crippen MR) is 127 cm³/mol. The molecule has 0 bridgehead atoms. The molecule has 2 unspecified atom stereocenters. The van der Waals surface area contributed by atoms with Crippen LogP contribution in [0.4, 0.5) is 0 Å². The molecule has 2 atom stereocenters. The third kappa shape index (κ3) is 5.07. The lowest BCUT2D eigenvalue weighted by molar-refractivity contribution is -0.148. The van der Waals surface area contributed by atoms with Crippen molar-refractivity contribution in [3.8, 4) is 5.75 Å². The van der Waals surface area contributed by atoms with E-state index in [-0.39, 0.29) is 18.5 Å². The first-order valence-electron chi connectivity index (χ1n) is 10.5. The molecule has 0 N–H and O–H groups in total. The molecule has 0 saturated heterocycles. The minimum atomic E-state index is -0.942. The average Bonchev–Trinajstić information content (AvgIpc) is 2.84. The number of benzene rings is 2. The first kappa shape index (κ1) is 23.7. The molecule has 0 spiro atoms. The third-order valence-electron chi connectivity index (χ3n) is 5.41. The number of esters is 2. The van der Waals surface area contributed by atoms with Gasteiger partial charge < -0.3 is 14.2 Å². The number of hydrogen-bond acceptors (Lipinski definition) is 6. The number of allylic oxidation sites excluding steroid dienone is 3. The fraction of sp³-hybridized carbons (Fsp3) is 0.308. The standard InChI is InChI=1S/C26H28O5S/c1-4-30-25(28)26(15-9-6-10-16-26)20-13-14-22(29-2)21(17-20)23(32-3)24(27)31-18-19-11-7-5-8-12-19/h5-15,17,23H,4,16,18H2,1-3H3. The zero-order valence-corrected chi connectivity index (χ0v) is 19.4. The summed E-state index contributed by atoms with van der Waals surface area (Å²) in [6.07, 6.45) is 9.90. The van der Waals surface area contributed by atoms with Crippen molar-refractivity contribution in [2.24, 2.45) is 0 Å².